The molecule has 0 aromatic heterocycles. The third-order valence-corrected chi connectivity index (χ3v) is 6.85. The lowest BCUT2D eigenvalue weighted by atomic mass is 9.94. The van der Waals surface area contributed by atoms with Gasteiger partial charge in [-0.1, -0.05) is 30.3 Å². The van der Waals surface area contributed by atoms with Crippen LogP contribution < -0.4 is 5.32 Å². The van der Waals surface area contributed by atoms with Gasteiger partial charge in [-0.25, -0.2) is 0 Å². The highest BCUT2D eigenvalue weighted by Crippen LogP contribution is 2.23. The second-order valence-electron chi connectivity index (χ2n) is 8.93. The van der Waals surface area contributed by atoms with E-state index in [1.54, 1.807) is 0 Å². The highest BCUT2D eigenvalue weighted by atomic mass is 16.5. The molecule has 3 aliphatic heterocycles. The fourth-order valence-corrected chi connectivity index (χ4v) is 5.01. The molecule has 1 aromatic rings. The van der Waals surface area contributed by atoms with Crippen molar-refractivity contribution in [1.82, 2.24) is 15.1 Å². The minimum Gasteiger partial charge on any atom is -0.381 e. The van der Waals surface area contributed by atoms with Gasteiger partial charge in [0.1, 0.15) is 0 Å². The largest absolute Gasteiger partial charge is 0.381 e. The van der Waals surface area contributed by atoms with E-state index in [0.717, 1.165) is 70.9 Å². The van der Waals surface area contributed by atoms with E-state index in [0.29, 0.717) is 25.4 Å². The first-order valence-corrected chi connectivity index (χ1v) is 11.7. The van der Waals surface area contributed by atoms with Crippen LogP contribution >= 0.6 is 0 Å². The highest BCUT2D eigenvalue weighted by molar-refractivity contribution is 5.82. The molecule has 0 radical (unpaired) electrons. The number of rotatable bonds is 7. The zero-order chi connectivity index (χ0) is 21.5. The summed E-state index contributed by atoms with van der Waals surface area (Å²) in [5.74, 6) is 0.514. The van der Waals surface area contributed by atoms with E-state index in [1.807, 2.05) is 35.2 Å². The van der Waals surface area contributed by atoms with Gasteiger partial charge in [0.15, 0.2) is 0 Å². The number of morpholine rings is 1. The Morgan fingerprint density at radius 1 is 1.03 bits per heavy atom. The van der Waals surface area contributed by atoms with Gasteiger partial charge in [-0.3, -0.25) is 14.5 Å². The summed E-state index contributed by atoms with van der Waals surface area (Å²) in [6.07, 6.45) is 3.16. The average Bonchev–Trinajstić information content (AvgIpc) is 3.35. The Morgan fingerprint density at radius 2 is 1.84 bits per heavy atom. The van der Waals surface area contributed by atoms with E-state index < -0.39 is 0 Å². The Morgan fingerprint density at radius 3 is 2.58 bits per heavy atom. The van der Waals surface area contributed by atoms with Crippen molar-refractivity contribution < 1.29 is 19.1 Å². The molecule has 3 atom stereocenters. The summed E-state index contributed by atoms with van der Waals surface area (Å²) in [7, 11) is 0. The summed E-state index contributed by atoms with van der Waals surface area (Å²) in [5.41, 5.74) is 1.02. The Labute approximate surface area is 185 Å². The van der Waals surface area contributed by atoms with Crippen LogP contribution in [0.25, 0.3) is 0 Å². The standard InChI is InChI=1S/C24H35N3O4/c28-23(15-19-5-2-1-3-6-19)27-9-4-7-20(17-27)24(29)25-16-22(21-8-12-31-18-21)26-10-13-30-14-11-26/h1-3,5-6,20-22H,4,7-18H2,(H,25,29). The van der Waals surface area contributed by atoms with Crippen LogP contribution in [-0.2, 0) is 25.5 Å². The average molecular weight is 430 g/mol. The Kier molecular flexibility index (Phi) is 7.94. The van der Waals surface area contributed by atoms with Crippen LogP contribution in [0.2, 0.25) is 0 Å². The van der Waals surface area contributed by atoms with Crippen molar-refractivity contribution in [1.29, 1.82) is 0 Å². The predicted molar refractivity (Wildman–Crippen MR) is 118 cm³/mol. The van der Waals surface area contributed by atoms with E-state index in [-0.39, 0.29) is 23.8 Å². The quantitative estimate of drug-likeness (QED) is 0.708. The van der Waals surface area contributed by atoms with Crippen molar-refractivity contribution in [2.45, 2.75) is 31.7 Å². The summed E-state index contributed by atoms with van der Waals surface area (Å²) >= 11 is 0. The monoisotopic (exact) mass is 429 g/mol. The molecule has 1 N–H and O–H groups in total. The molecule has 0 aliphatic carbocycles. The summed E-state index contributed by atoms with van der Waals surface area (Å²) in [4.78, 5) is 30.1. The van der Waals surface area contributed by atoms with Crippen LogP contribution in [0.4, 0.5) is 0 Å². The van der Waals surface area contributed by atoms with Crippen LogP contribution in [0, 0.1) is 11.8 Å². The summed E-state index contributed by atoms with van der Waals surface area (Å²) in [6.45, 7) is 6.78. The molecule has 3 fully saturated rings. The molecular formula is C24H35N3O4. The van der Waals surface area contributed by atoms with Gasteiger partial charge in [0.25, 0.3) is 0 Å². The Hall–Kier alpha value is -1.96. The van der Waals surface area contributed by atoms with Gasteiger partial charge in [-0.05, 0) is 24.8 Å². The van der Waals surface area contributed by atoms with Gasteiger partial charge in [0.2, 0.25) is 11.8 Å². The van der Waals surface area contributed by atoms with Gasteiger partial charge in [-0.2, -0.15) is 0 Å². The van der Waals surface area contributed by atoms with Gasteiger partial charge >= 0.3 is 0 Å². The smallest absolute Gasteiger partial charge is 0.227 e. The predicted octanol–water partition coefficient (Wildman–Crippen LogP) is 1.32. The van der Waals surface area contributed by atoms with Crippen LogP contribution in [-0.4, -0.2) is 86.8 Å². The highest BCUT2D eigenvalue weighted by Gasteiger charge is 2.33. The molecule has 3 unspecified atom stereocenters. The maximum absolute atomic E-state index is 13.0. The first-order valence-electron chi connectivity index (χ1n) is 11.7. The number of ether oxygens (including phenoxy) is 2. The zero-order valence-electron chi connectivity index (χ0n) is 18.3. The number of hydrogen-bond donors (Lipinski definition) is 1. The minimum absolute atomic E-state index is 0.0781. The molecule has 0 saturated carbocycles. The molecule has 7 heteroatoms. The third kappa shape index (κ3) is 6.05. The molecule has 4 rings (SSSR count). The number of hydrogen-bond acceptors (Lipinski definition) is 5. The van der Waals surface area contributed by atoms with Crippen molar-refractivity contribution in [2.24, 2.45) is 11.8 Å². The molecule has 1 aromatic carbocycles. The van der Waals surface area contributed by atoms with Gasteiger partial charge in [0, 0.05) is 51.3 Å². The van der Waals surface area contributed by atoms with Crippen molar-refractivity contribution in [2.75, 3.05) is 59.2 Å². The molecular weight excluding hydrogens is 394 g/mol. The molecule has 0 bridgehead atoms. The van der Waals surface area contributed by atoms with Gasteiger partial charge in [-0.15, -0.1) is 0 Å². The molecule has 170 valence electrons. The number of carbonyl (C=O) groups excluding carboxylic acids is 2. The molecule has 7 nitrogen and oxygen atoms in total. The lowest BCUT2D eigenvalue weighted by Gasteiger charge is -2.38. The fourth-order valence-electron chi connectivity index (χ4n) is 5.01. The van der Waals surface area contributed by atoms with E-state index in [2.05, 4.69) is 10.2 Å². The van der Waals surface area contributed by atoms with Gasteiger partial charge < -0.3 is 19.7 Å². The van der Waals surface area contributed by atoms with Crippen molar-refractivity contribution in [3.63, 3.8) is 0 Å². The molecule has 2 amide bonds. The summed E-state index contributed by atoms with van der Waals surface area (Å²) in [6, 6.07) is 10.1. The maximum atomic E-state index is 13.0. The Balaban J connectivity index is 1.30. The SMILES string of the molecule is O=C(NCC(C1CCOC1)N1CCOCC1)C1CCCN(C(=O)Cc2ccccc2)C1. The summed E-state index contributed by atoms with van der Waals surface area (Å²) < 4.78 is 11.1. The number of likely N-dealkylation sites (tertiary alicyclic amines) is 1. The van der Waals surface area contributed by atoms with E-state index in [9.17, 15) is 9.59 Å². The minimum atomic E-state index is -0.126. The number of nitrogens with zero attached hydrogens (tertiary/aromatic N) is 2. The topological polar surface area (TPSA) is 71.1 Å². The molecule has 31 heavy (non-hydrogen) atoms. The Bertz CT molecular complexity index is 717. The van der Waals surface area contributed by atoms with Crippen LogP contribution in [0.15, 0.2) is 30.3 Å². The van der Waals surface area contributed by atoms with Crippen molar-refractivity contribution in [3.8, 4) is 0 Å². The van der Waals surface area contributed by atoms with Crippen LogP contribution in [0.3, 0.4) is 0 Å². The number of piperidine rings is 1. The van der Waals surface area contributed by atoms with E-state index >= 15 is 0 Å². The first kappa shape index (κ1) is 22.2. The number of carbonyl (C=O) groups is 2. The zero-order valence-corrected chi connectivity index (χ0v) is 18.3. The maximum Gasteiger partial charge on any atom is 0.227 e. The normalized spacial score (nSPS) is 25.9. The molecule has 3 heterocycles. The van der Waals surface area contributed by atoms with Crippen molar-refractivity contribution >= 4 is 11.8 Å². The number of benzene rings is 1. The van der Waals surface area contributed by atoms with Crippen LogP contribution in [0.1, 0.15) is 24.8 Å². The summed E-state index contributed by atoms with van der Waals surface area (Å²) in [5, 5.41) is 3.22. The fraction of sp³-hybridized carbons (Fsp3) is 0.667. The lowest BCUT2D eigenvalue weighted by Crippen LogP contribution is -2.54. The molecule has 0 spiro atoms. The van der Waals surface area contributed by atoms with Gasteiger partial charge in [0.05, 0.1) is 32.2 Å². The third-order valence-electron chi connectivity index (χ3n) is 6.85. The lowest BCUT2D eigenvalue weighted by molar-refractivity contribution is -0.135. The molecule has 3 aliphatic rings. The van der Waals surface area contributed by atoms with E-state index in [4.69, 9.17) is 9.47 Å². The second kappa shape index (κ2) is 11.1. The molecule has 3 saturated heterocycles. The number of amides is 2. The number of nitrogens with one attached hydrogen (secondary N) is 1. The second-order valence-corrected chi connectivity index (χ2v) is 8.93. The van der Waals surface area contributed by atoms with E-state index in [1.165, 1.54) is 0 Å². The first-order chi connectivity index (χ1) is 15.2. The van der Waals surface area contributed by atoms with Crippen molar-refractivity contribution in [3.05, 3.63) is 35.9 Å². The van der Waals surface area contributed by atoms with Crippen LogP contribution in [0.5, 0.6) is 0 Å².